The van der Waals surface area contributed by atoms with Crippen LogP contribution in [0.15, 0.2) is 40.5 Å². The van der Waals surface area contributed by atoms with Gasteiger partial charge in [-0.2, -0.15) is 0 Å². The summed E-state index contributed by atoms with van der Waals surface area (Å²) in [5.41, 5.74) is 0.715. The number of cyclic esters (lactones) is 1. The molecule has 144 valence electrons. The Labute approximate surface area is 152 Å². The molecule has 6 nitrogen and oxygen atoms in total. The molecule has 2 unspecified atom stereocenters. The molecule has 2 aliphatic heterocycles. The monoisotopic (exact) mass is 383 g/mol. The van der Waals surface area contributed by atoms with Crippen molar-refractivity contribution in [2.75, 3.05) is 13.2 Å². The van der Waals surface area contributed by atoms with Gasteiger partial charge in [-0.15, -0.1) is 13.2 Å². The molecule has 1 aromatic carbocycles. The molecule has 0 amide bonds. The first-order chi connectivity index (χ1) is 12.7. The predicted octanol–water partition coefficient (Wildman–Crippen LogP) is 3.13. The van der Waals surface area contributed by atoms with E-state index in [4.69, 9.17) is 9.47 Å². The van der Waals surface area contributed by atoms with E-state index in [1.54, 1.807) is 13.8 Å². The van der Waals surface area contributed by atoms with Gasteiger partial charge in [0.25, 0.3) is 0 Å². The first-order valence-electron chi connectivity index (χ1n) is 8.19. The van der Waals surface area contributed by atoms with Crippen molar-refractivity contribution in [3.63, 3.8) is 0 Å². The molecule has 0 saturated heterocycles. The van der Waals surface area contributed by atoms with Crippen LogP contribution in [-0.4, -0.2) is 37.2 Å². The maximum absolute atomic E-state index is 12.8. The Balaban J connectivity index is 2.16. The summed E-state index contributed by atoms with van der Waals surface area (Å²) in [6.45, 7) is 3.15. The van der Waals surface area contributed by atoms with Gasteiger partial charge in [0.05, 0.1) is 17.9 Å². The number of ether oxygens (including phenoxy) is 3. The number of rotatable bonds is 4. The molecule has 0 radical (unpaired) electrons. The number of hydrogen-bond acceptors (Lipinski definition) is 6. The van der Waals surface area contributed by atoms with E-state index in [9.17, 15) is 22.8 Å². The number of alkyl halides is 3. The second kappa shape index (κ2) is 7.05. The van der Waals surface area contributed by atoms with Gasteiger partial charge in [0.2, 0.25) is 0 Å². The Morgan fingerprint density at radius 2 is 2.04 bits per heavy atom. The summed E-state index contributed by atoms with van der Waals surface area (Å²) >= 11 is 0. The Morgan fingerprint density at radius 3 is 2.70 bits per heavy atom. The molecule has 9 heteroatoms. The van der Waals surface area contributed by atoms with Crippen molar-refractivity contribution in [2.45, 2.75) is 26.1 Å². The molecular formula is C18H16F3NO5. The quantitative estimate of drug-likeness (QED) is 0.747. The lowest BCUT2D eigenvalue weighted by Gasteiger charge is -2.30. The molecule has 2 aliphatic rings. The molecule has 0 spiro atoms. The number of carbonyl (C=O) groups is 2. The van der Waals surface area contributed by atoms with Gasteiger partial charge in [-0.3, -0.25) is 9.79 Å². The van der Waals surface area contributed by atoms with Crippen LogP contribution in [0, 0.1) is 5.92 Å². The van der Waals surface area contributed by atoms with E-state index in [0.717, 1.165) is 6.07 Å². The van der Waals surface area contributed by atoms with E-state index in [2.05, 4.69) is 9.73 Å². The van der Waals surface area contributed by atoms with Crippen LogP contribution in [0.2, 0.25) is 0 Å². The van der Waals surface area contributed by atoms with Crippen molar-refractivity contribution < 1.29 is 37.0 Å². The fourth-order valence-electron chi connectivity index (χ4n) is 3.33. The van der Waals surface area contributed by atoms with Crippen molar-refractivity contribution in [3.8, 4) is 5.75 Å². The van der Waals surface area contributed by atoms with Crippen molar-refractivity contribution in [1.29, 1.82) is 0 Å². The molecule has 0 N–H and O–H groups in total. The number of carbonyl (C=O) groups excluding carboxylic acids is 2. The summed E-state index contributed by atoms with van der Waals surface area (Å²) in [7, 11) is 0. The third kappa shape index (κ3) is 3.67. The van der Waals surface area contributed by atoms with E-state index in [0.29, 0.717) is 11.4 Å². The zero-order valence-electron chi connectivity index (χ0n) is 14.5. The fourth-order valence-corrected chi connectivity index (χ4v) is 3.33. The Morgan fingerprint density at radius 1 is 1.33 bits per heavy atom. The maximum Gasteiger partial charge on any atom is 0.573 e. The molecule has 3 rings (SSSR count). The number of aliphatic imine (C=N–C) groups is 1. The molecule has 1 aromatic rings. The van der Waals surface area contributed by atoms with E-state index >= 15 is 0 Å². The van der Waals surface area contributed by atoms with Gasteiger partial charge in [-0.25, -0.2) is 4.79 Å². The maximum atomic E-state index is 12.8. The molecule has 0 bridgehead atoms. The summed E-state index contributed by atoms with van der Waals surface area (Å²) in [5, 5.41) is 0. The molecule has 27 heavy (non-hydrogen) atoms. The number of nitrogens with zero attached hydrogens (tertiary/aromatic N) is 1. The second-order valence-electron chi connectivity index (χ2n) is 5.98. The van der Waals surface area contributed by atoms with E-state index in [-0.39, 0.29) is 24.4 Å². The van der Waals surface area contributed by atoms with Crippen LogP contribution in [0.3, 0.4) is 0 Å². The Kier molecular flexibility index (Phi) is 4.95. The van der Waals surface area contributed by atoms with Gasteiger partial charge >= 0.3 is 18.3 Å². The number of para-hydroxylation sites is 1. The predicted molar refractivity (Wildman–Crippen MR) is 87.1 cm³/mol. The van der Waals surface area contributed by atoms with Crippen molar-refractivity contribution in [1.82, 2.24) is 0 Å². The Hall–Kier alpha value is -2.84. The molecule has 0 aromatic heterocycles. The number of hydrogen-bond donors (Lipinski definition) is 0. The zero-order valence-corrected chi connectivity index (χ0v) is 14.5. The van der Waals surface area contributed by atoms with Gasteiger partial charge < -0.3 is 14.2 Å². The summed E-state index contributed by atoms with van der Waals surface area (Å²) < 4.78 is 52.7. The van der Waals surface area contributed by atoms with Crippen LogP contribution < -0.4 is 4.74 Å². The topological polar surface area (TPSA) is 74.2 Å². The third-order valence-electron chi connectivity index (χ3n) is 4.30. The van der Waals surface area contributed by atoms with Gasteiger partial charge in [0, 0.05) is 17.2 Å². The van der Waals surface area contributed by atoms with Crippen LogP contribution in [0.5, 0.6) is 5.75 Å². The summed E-state index contributed by atoms with van der Waals surface area (Å²) in [6, 6.07) is 5.39. The van der Waals surface area contributed by atoms with E-state index in [1.165, 1.54) is 18.2 Å². The largest absolute Gasteiger partial charge is 0.573 e. The molecular weight excluding hydrogens is 367 g/mol. The van der Waals surface area contributed by atoms with Gasteiger partial charge in [0.15, 0.2) is 0 Å². The number of benzene rings is 1. The molecule has 0 saturated carbocycles. The average molecular weight is 383 g/mol. The molecule has 2 atom stereocenters. The van der Waals surface area contributed by atoms with Crippen molar-refractivity contribution in [2.24, 2.45) is 10.9 Å². The van der Waals surface area contributed by atoms with Crippen LogP contribution in [0.4, 0.5) is 13.2 Å². The minimum Gasteiger partial charge on any atom is -0.465 e. The highest BCUT2D eigenvalue weighted by molar-refractivity contribution is 6.07. The van der Waals surface area contributed by atoms with Crippen LogP contribution in [0.1, 0.15) is 25.3 Å². The SMILES string of the molecule is CCOC(=O)C1C(C)=NC2=C(C(=O)OC2)C1c1ccccc1OC(F)(F)F. The van der Waals surface area contributed by atoms with Crippen molar-refractivity contribution >= 4 is 17.7 Å². The highest BCUT2D eigenvalue weighted by atomic mass is 19.4. The lowest BCUT2D eigenvalue weighted by atomic mass is 9.75. The third-order valence-corrected chi connectivity index (χ3v) is 4.30. The zero-order chi connectivity index (χ0) is 19.8. The van der Waals surface area contributed by atoms with E-state index < -0.39 is 35.9 Å². The van der Waals surface area contributed by atoms with Gasteiger partial charge in [0.1, 0.15) is 18.3 Å². The first-order valence-corrected chi connectivity index (χ1v) is 8.19. The minimum absolute atomic E-state index is 0.0356. The Bertz CT molecular complexity index is 844. The van der Waals surface area contributed by atoms with Crippen molar-refractivity contribution in [3.05, 3.63) is 41.1 Å². The lowest BCUT2D eigenvalue weighted by Crippen LogP contribution is -2.35. The second-order valence-corrected chi connectivity index (χ2v) is 5.98. The molecule has 0 aliphatic carbocycles. The average Bonchev–Trinajstić information content (AvgIpc) is 2.93. The smallest absolute Gasteiger partial charge is 0.465 e. The normalized spacial score (nSPS) is 22.1. The van der Waals surface area contributed by atoms with Crippen LogP contribution in [-0.2, 0) is 19.1 Å². The fraction of sp³-hybridized carbons (Fsp3) is 0.389. The number of halogens is 3. The van der Waals surface area contributed by atoms with Gasteiger partial charge in [-0.1, -0.05) is 18.2 Å². The highest BCUT2D eigenvalue weighted by Crippen LogP contribution is 2.45. The molecule has 2 heterocycles. The minimum atomic E-state index is -4.93. The van der Waals surface area contributed by atoms with E-state index in [1.807, 2.05) is 0 Å². The highest BCUT2D eigenvalue weighted by Gasteiger charge is 2.47. The van der Waals surface area contributed by atoms with Crippen LogP contribution in [0.25, 0.3) is 0 Å². The number of esters is 2. The summed E-state index contributed by atoms with van der Waals surface area (Å²) in [6.07, 6.45) is -4.93. The van der Waals surface area contributed by atoms with Crippen LogP contribution >= 0.6 is 0 Å². The standard InChI is InChI=1S/C18H16F3NO5/c1-3-25-16(23)13-9(2)22-11-8-26-17(24)15(11)14(13)10-6-4-5-7-12(10)27-18(19,20)21/h4-7,13-14H,3,8H2,1-2H3. The summed E-state index contributed by atoms with van der Waals surface area (Å²) in [5.74, 6) is -4.01. The first kappa shape index (κ1) is 18.9. The lowest BCUT2D eigenvalue weighted by molar-refractivity contribution is -0.274. The summed E-state index contributed by atoms with van der Waals surface area (Å²) in [4.78, 5) is 29.0. The van der Waals surface area contributed by atoms with Gasteiger partial charge in [-0.05, 0) is 19.9 Å². The molecule has 0 fully saturated rings.